The molecule has 0 spiro atoms. The van der Waals surface area contributed by atoms with E-state index in [4.69, 9.17) is 0 Å². The molecule has 0 rings (SSSR count). The van der Waals surface area contributed by atoms with E-state index in [0.717, 1.165) is 36.8 Å². The van der Waals surface area contributed by atoms with Crippen LogP contribution in [0.25, 0.3) is 0 Å². The minimum Gasteiger partial charge on any atom is -0.381 e. The van der Waals surface area contributed by atoms with Gasteiger partial charge in [-0.25, -0.2) is 0 Å². The van der Waals surface area contributed by atoms with E-state index in [1.165, 1.54) is 11.1 Å². The zero-order chi connectivity index (χ0) is 19.4. The van der Waals surface area contributed by atoms with Crippen LogP contribution in [-0.4, -0.2) is 17.0 Å². The molecule has 1 N–H and O–H groups in total. The lowest BCUT2D eigenvalue weighted by molar-refractivity contribution is -0.121. The van der Waals surface area contributed by atoms with Crippen LogP contribution in [0.1, 0.15) is 67.2 Å². The molecule has 0 aromatic carbocycles. The average Bonchev–Trinajstić information content (AvgIpc) is 2.50. The van der Waals surface area contributed by atoms with Crippen LogP contribution in [0.15, 0.2) is 64.5 Å². The lowest BCUT2D eigenvalue weighted by atomic mass is 9.96. The summed E-state index contributed by atoms with van der Waals surface area (Å²) >= 11 is 0. The first kappa shape index (κ1) is 23.1. The number of aliphatic hydroxyl groups is 1. The lowest BCUT2D eigenvalue weighted by Gasteiger charge is -2.11. The van der Waals surface area contributed by atoms with Crippen molar-refractivity contribution in [2.24, 2.45) is 0 Å². The summed E-state index contributed by atoms with van der Waals surface area (Å²) in [4.78, 5) is 12.6. The Morgan fingerprint density at radius 2 is 1.52 bits per heavy atom. The van der Waals surface area contributed by atoms with Crippen molar-refractivity contribution in [2.75, 3.05) is 0 Å². The van der Waals surface area contributed by atoms with Crippen molar-refractivity contribution < 1.29 is 9.90 Å². The number of Topliss-reactive ketones (excluding diaryl/α,β-unsaturated/α-hetero) is 1. The highest BCUT2D eigenvalue weighted by Crippen LogP contribution is 2.17. The quantitative estimate of drug-likeness (QED) is 0.228. The second-order valence-corrected chi connectivity index (χ2v) is 7.00. The first-order valence-corrected chi connectivity index (χ1v) is 8.90. The summed E-state index contributed by atoms with van der Waals surface area (Å²) in [6.07, 6.45) is 9.83. The molecule has 1 atom stereocenters. The fourth-order valence-electron chi connectivity index (χ4n) is 2.40. The maximum absolute atomic E-state index is 12.6. The van der Waals surface area contributed by atoms with E-state index in [2.05, 4.69) is 52.2 Å². The molecule has 0 aliphatic heterocycles. The van der Waals surface area contributed by atoms with E-state index in [-0.39, 0.29) is 5.78 Å². The number of allylic oxidation sites excluding steroid dienone is 7. The molecule has 2 heteroatoms. The van der Waals surface area contributed by atoms with Gasteiger partial charge in [-0.3, -0.25) is 4.79 Å². The van der Waals surface area contributed by atoms with Crippen molar-refractivity contribution in [3.63, 3.8) is 0 Å². The lowest BCUT2D eigenvalue weighted by Crippen LogP contribution is -2.20. The van der Waals surface area contributed by atoms with Crippen LogP contribution >= 0.6 is 0 Å². The Hall–Kier alpha value is -1.89. The van der Waals surface area contributed by atoms with Gasteiger partial charge in [-0.1, -0.05) is 41.0 Å². The molecule has 0 saturated carbocycles. The van der Waals surface area contributed by atoms with Crippen molar-refractivity contribution in [3.05, 3.63) is 64.5 Å². The van der Waals surface area contributed by atoms with Gasteiger partial charge in [0, 0.05) is 5.57 Å². The van der Waals surface area contributed by atoms with Gasteiger partial charge in [0.15, 0.2) is 5.78 Å². The molecule has 138 valence electrons. The van der Waals surface area contributed by atoms with E-state index in [9.17, 15) is 9.90 Å². The monoisotopic (exact) mass is 342 g/mol. The minimum absolute atomic E-state index is 0.285. The van der Waals surface area contributed by atoms with Crippen LogP contribution in [0.3, 0.4) is 0 Å². The number of hydrogen-bond donors (Lipinski definition) is 1. The Labute approximate surface area is 154 Å². The number of aliphatic hydroxyl groups excluding tert-OH is 1. The van der Waals surface area contributed by atoms with Crippen molar-refractivity contribution in [1.29, 1.82) is 0 Å². The molecule has 0 aromatic heterocycles. The third kappa shape index (κ3) is 10.6. The largest absolute Gasteiger partial charge is 0.381 e. The molecule has 0 fully saturated rings. The molecule has 25 heavy (non-hydrogen) atoms. The summed E-state index contributed by atoms with van der Waals surface area (Å²) in [5.41, 5.74) is 7.69. The topological polar surface area (TPSA) is 37.3 Å². The molecule has 0 aliphatic carbocycles. The van der Waals surface area contributed by atoms with Gasteiger partial charge in [-0.15, -0.1) is 5.73 Å². The number of carbonyl (C=O) groups is 1. The van der Waals surface area contributed by atoms with E-state index in [1.807, 2.05) is 13.8 Å². The summed E-state index contributed by atoms with van der Waals surface area (Å²) in [6, 6.07) is 0. The maximum atomic E-state index is 12.6. The first-order chi connectivity index (χ1) is 11.7. The third-order valence-electron chi connectivity index (χ3n) is 3.85. The fourth-order valence-corrected chi connectivity index (χ4v) is 2.40. The van der Waals surface area contributed by atoms with Gasteiger partial charge in [-0.05, 0) is 79.4 Å². The van der Waals surface area contributed by atoms with Gasteiger partial charge in [0.05, 0.1) is 0 Å². The molecule has 0 aliphatic rings. The number of ketones is 1. The normalized spacial score (nSPS) is 13.3. The molecule has 0 bridgehead atoms. The summed E-state index contributed by atoms with van der Waals surface area (Å²) in [5, 5.41) is 10.3. The standard InChI is InChI=1S/C23H34O2/c1-8-11-21(20(7)15-10-13-18(4)5)23(25)22(24)16-19(6)14-9-12-17(2)3/h11-13,16,22,24H,1,9-10,14-15H2,2-7H3/b19-16+,21-20+. The second kappa shape index (κ2) is 12.5. The first-order valence-electron chi connectivity index (χ1n) is 8.90. The summed E-state index contributed by atoms with van der Waals surface area (Å²) in [5.74, 6) is -0.285. The highest BCUT2D eigenvalue weighted by molar-refractivity contribution is 6.02. The fraction of sp³-hybridized carbons (Fsp3) is 0.478. The van der Waals surface area contributed by atoms with Crippen LogP contribution in [0.4, 0.5) is 0 Å². The second-order valence-electron chi connectivity index (χ2n) is 7.00. The van der Waals surface area contributed by atoms with E-state index >= 15 is 0 Å². The van der Waals surface area contributed by atoms with Crippen LogP contribution in [-0.2, 0) is 4.79 Å². The Kier molecular flexibility index (Phi) is 11.5. The average molecular weight is 343 g/mol. The van der Waals surface area contributed by atoms with Gasteiger partial charge in [0.25, 0.3) is 0 Å². The maximum Gasteiger partial charge on any atom is 0.195 e. The van der Waals surface area contributed by atoms with Gasteiger partial charge in [0.1, 0.15) is 6.10 Å². The molecule has 0 saturated heterocycles. The molecular formula is C23H34O2. The molecule has 0 radical (unpaired) electrons. The number of carbonyl (C=O) groups excluding carboxylic acids is 1. The SMILES string of the molecule is C=C=C/C(C(=O)C(O)/C=C(\C)CCC=C(C)C)=C(/C)CCC=C(C)C. The number of rotatable bonds is 10. The zero-order valence-electron chi connectivity index (χ0n) is 16.8. The van der Waals surface area contributed by atoms with Gasteiger partial charge in [0.2, 0.25) is 0 Å². The smallest absolute Gasteiger partial charge is 0.195 e. The van der Waals surface area contributed by atoms with Crippen LogP contribution in [0.2, 0.25) is 0 Å². The van der Waals surface area contributed by atoms with Gasteiger partial charge < -0.3 is 5.11 Å². The van der Waals surface area contributed by atoms with Crippen molar-refractivity contribution >= 4 is 5.78 Å². The van der Waals surface area contributed by atoms with Crippen LogP contribution < -0.4 is 0 Å². The Balaban J connectivity index is 5.16. The highest BCUT2D eigenvalue weighted by Gasteiger charge is 2.18. The van der Waals surface area contributed by atoms with Gasteiger partial charge in [-0.2, -0.15) is 0 Å². The van der Waals surface area contributed by atoms with Crippen molar-refractivity contribution in [1.82, 2.24) is 0 Å². The Morgan fingerprint density at radius 1 is 1.00 bits per heavy atom. The molecule has 2 nitrogen and oxygen atoms in total. The molecule has 1 unspecified atom stereocenters. The van der Waals surface area contributed by atoms with E-state index in [0.29, 0.717) is 5.57 Å². The third-order valence-corrected chi connectivity index (χ3v) is 3.85. The van der Waals surface area contributed by atoms with Gasteiger partial charge >= 0.3 is 0 Å². The van der Waals surface area contributed by atoms with Crippen molar-refractivity contribution in [3.8, 4) is 0 Å². The molecule has 0 aromatic rings. The summed E-state index contributed by atoms with van der Waals surface area (Å²) in [6.45, 7) is 15.7. The number of hydrogen-bond acceptors (Lipinski definition) is 2. The van der Waals surface area contributed by atoms with Crippen LogP contribution in [0.5, 0.6) is 0 Å². The van der Waals surface area contributed by atoms with Crippen molar-refractivity contribution in [2.45, 2.75) is 73.3 Å². The molecular weight excluding hydrogens is 308 g/mol. The summed E-state index contributed by atoms with van der Waals surface area (Å²) in [7, 11) is 0. The van der Waals surface area contributed by atoms with E-state index in [1.54, 1.807) is 12.2 Å². The minimum atomic E-state index is -1.12. The highest BCUT2D eigenvalue weighted by atomic mass is 16.3. The predicted octanol–water partition coefficient (Wildman–Crippen LogP) is 6.01. The summed E-state index contributed by atoms with van der Waals surface area (Å²) < 4.78 is 0. The zero-order valence-corrected chi connectivity index (χ0v) is 16.8. The Morgan fingerprint density at radius 3 is 2.00 bits per heavy atom. The van der Waals surface area contributed by atoms with Crippen LogP contribution in [0, 0.1) is 0 Å². The molecule has 0 heterocycles. The Bertz CT molecular complexity index is 612. The van der Waals surface area contributed by atoms with E-state index < -0.39 is 6.10 Å². The predicted molar refractivity (Wildman–Crippen MR) is 109 cm³/mol. The molecule has 0 amide bonds.